The molecule has 2 aromatic heterocycles. The molecular formula is C36H37Cl3N2O2. The number of hydrogen-bond donors (Lipinski definition) is 0. The van der Waals surface area contributed by atoms with Crippen molar-refractivity contribution < 1.29 is 9.47 Å². The van der Waals surface area contributed by atoms with Crippen LogP contribution in [0.5, 0.6) is 11.5 Å². The van der Waals surface area contributed by atoms with E-state index in [1.54, 1.807) is 0 Å². The minimum absolute atomic E-state index is 0.107. The molecule has 6 rings (SSSR count). The minimum Gasteiger partial charge on any atom is -0.448 e. The fourth-order valence-corrected chi connectivity index (χ4v) is 5.25. The predicted molar refractivity (Wildman–Crippen MR) is 182 cm³/mol. The van der Waals surface area contributed by atoms with Crippen LogP contribution in [0.4, 0.5) is 0 Å². The van der Waals surface area contributed by atoms with Gasteiger partial charge in [0.15, 0.2) is 15.8 Å². The fourth-order valence-electron chi connectivity index (χ4n) is 5.25. The zero-order valence-electron chi connectivity index (χ0n) is 25.9. The van der Waals surface area contributed by atoms with Crippen LogP contribution >= 0.6 is 34.8 Å². The molecule has 0 bridgehead atoms. The first kappa shape index (κ1) is 31.4. The van der Waals surface area contributed by atoms with E-state index >= 15 is 0 Å². The Morgan fingerprint density at radius 3 is 1.21 bits per heavy atom. The molecule has 4 nitrogen and oxygen atoms in total. The van der Waals surface area contributed by atoms with Crippen LogP contribution in [-0.4, -0.2) is 20.1 Å². The average molecular weight is 636 g/mol. The van der Waals surface area contributed by atoms with Crippen LogP contribution in [-0.2, 0) is 10.8 Å². The molecule has 0 fully saturated rings. The van der Waals surface area contributed by atoms with Gasteiger partial charge in [-0.1, -0.05) is 125 Å². The van der Waals surface area contributed by atoms with Crippen molar-refractivity contribution in [2.45, 2.75) is 76.3 Å². The van der Waals surface area contributed by atoms with E-state index < -0.39 is 10.1 Å². The monoisotopic (exact) mass is 634 g/mol. The van der Waals surface area contributed by atoms with Crippen molar-refractivity contribution in [1.29, 1.82) is 0 Å². The number of benzene rings is 3. The van der Waals surface area contributed by atoms with Crippen molar-refractivity contribution in [1.82, 2.24) is 9.97 Å². The number of pyridine rings is 2. The molecule has 0 aliphatic carbocycles. The molecule has 43 heavy (non-hydrogen) atoms. The van der Waals surface area contributed by atoms with E-state index in [0.29, 0.717) is 0 Å². The zero-order chi connectivity index (χ0) is 31.3. The van der Waals surface area contributed by atoms with Crippen LogP contribution in [0.25, 0.3) is 44.1 Å². The van der Waals surface area contributed by atoms with Crippen molar-refractivity contribution in [3.63, 3.8) is 0 Å². The zero-order valence-corrected chi connectivity index (χ0v) is 28.1. The summed E-state index contributed by atoms with van der Waals surface area (Å²) in [6.07, 6.45) is 3.87. The summed E-state index contributed by atoms with van der Waals surface area (Å²) >= 11 is 14.4. The van der Waals surface area contributed by atoms with E-state index in [1.165, 1.54) is 11.1 Å². The third-order valence-electron chi connectivity index (χ3n) is 7.56. The van der Waals surface area contributed by atoms with Gasteiger partial charge < -0.3 is 9.47 Å². The van der Waals surface area contributed by atoms with E-state index in [9.17, 15) is 0 Å². The van der Waals surface area contributed by atoms with Crippen molar-refractivity contribution in [3.8, 4) is 33.8 Å². The lowest BCUT2D eigenvalue weighted by Crippen LogP contribution is -2.29. The summed E-state index contributed by atoms with van der Waals surface area (Å²) in [4.78, 5) is 9.85. The first-order chi connectivity index (χ1) is 20.0. The molecule has 0 saturated heterocycles. The largest absolute Gasteiger partial charge is 0.448 e. The summed E-state index contributed by atoms with van der Waals surface area (Å²) in [5.41, 5.74) is 8.76. The Hall–Kier alpha value is -3.05. The number of hydrogen-bond acceptors (Lipinski definition) is 4. The highest BCUT2D eigenvalue weighted by Crippen LogP contribution is 2.50. The standard InChI is InChI=1S/C35H36N2O2.CHCl3/c1-33(2,3)25-13-9-21(10-14-25)23-17-27-29(36-19-23)30-28(32-31(27)38-35(7,8)39-32)18-24(20-37-30)22-11-15-26(16-12-22)34(4,5)6;2-1(3)4/h9-20H,1-8H3;1H. The molecular weight excluding hydrogens is 599 g/mol. The molecule has 3 heterocycles. The summed E-state index contributed by atoms with van der Waals surface area (Å²) in [7, 11) is 0. The molecule has 1 aliphatic heterocycles. The molecule has 0 amide bonds. The highest BCUT2D eigenvalue weighted by Gasteiger charge is 2.36. The number of fused-ring (bicyclic) bond motifs is 6. The molecule has 1 aliphatic rings. The van der Waals surface area contributed by atoms with Gasteiger partial charge in [-0.05, 0) is 45.2 Å². The van der Waals surface area contributed by atoms with Crippen LogP contribution in [0.3, 0.4) is 0 Å². The van der Waals surface area contributed by atoms with Crippen LogP contribution in [0, 0.1) is 0 Å². The predicted octanol–water partition coefficient (Wildman–Crippen LogP) is 11.2. The summed E-state index contributed by atoms with van der Waals surface area (Å²) in [6.45, 7) is 17.3. The van der Waals surface area contributed by atoms with Gasteiger partial charge in [-0.3, -0.25) is 9.97 Å². The number of rotatable bonds is 2. The molecule has 5 aromatic rings. The van der Waals surface area contributed by atoms with Gasteiger partial charge in [0.1, 0.15) is 11.0 Å². The van der Waals surface area contributed by atoms with E-state index in [4.69, 9.17) is 54.2 Å². The lowest BCUT2D eigenvalue weighted by Gasteiger charge is -2.19. The summed E-state index contributed by atoms with van der Waals surface area (Å²) in [6, 6.07) is 21.8. The molecule has 7 heteroatoms. The van der Waals surface area contributed by atoms with E-state index in [1.807, 2.05) is 26.2 Å². The Labute approximate surface area is 269 Å². The maximum absolute atomic E-state index is 6.38. The summed E-state index contributed by atoms with van der Waals surface area (Å²) in [5.74, 6) is 0.675. The first-order valence-electron chi connectivity index (χ1n) is 14.3. The van der Waals surface area contributed by atoms with Crippen molar-refractivity contribution in [3.05, 3.63) is 84.2 Å². The van der Waals surface area contributed by atoms with Gasteiger partial charge in [0.05, 0.1) is 0 Å². The van der Waals surface area contributed by atoms with Gasteiger partial charge in [0.25, 0.3) is 0 Å². The summed E-state index contributed by atoms with van der Waals surface area (Å²) in [5, 5.41) is 1.82. The molecule has 0 spiro atoms. The fraction of sp³-hybridized carbons (Fsp3) is 0.333. The molecule has 224 valence electrons. The Kier molecular flexibility index (Phi) is 8.37. The average Bonchev–Trinajstić information content (AvgIpc) is 3.27. The normalized spacial score (nSPS) is 14.2. The molecule has 0 unspecified atom stereocenters. The number of nitrogens with zero attached hydrogens (tertiary/aromatic N) is 2. The molecule has 0 saturated carbocycles. The second kappa shape index (κ2) is 11.5. The second-order valence-electron chi connectivity index (χ2n) is 13.4. The van der Waals surface area contributed by atoms with Gasteiger partial charge in [-0.25, -0.2) is 0 Å². The number of halogens is 3. The van der Waals surface area contributed by atoms with E-state index in [0.717, 1.165) is 55.6 Å². The minimum atomic E-state index is -0.779. The van der Waals surface area contributed by atoms with Crippen LogP contribution in [0.2, 0.25) is 0 Å². The smallest absolute Gasteiger partial charge is 0.246 e. The van der Waals surface area contributed by atoms with E-state index in [2.05, 4.69) is 102 Å². The maximum Gasteiger partial charge on any atom is 0.246 e. The van der Waals surface area contributed by atoms with Crippen molar-refractivity contribution in [2.75, 3.05) is 0 Å². The van der Waals surface area contributed by atoms with Gasteiger partial charge >= 0.3 is 0 Å². The molecule has 0 atom stereocenters. The van der Waals surface area contributed by atoms with E-state index in [-0.39, 0.29) is 10.8 Å². The Bertz CT molecular complexity index is 1650. The quantitative estimate of drug-likeness (QED) is 0.143. The Balaban J connectivity index is 0.000000868. The Morgan fingerprint density at radius 2 is 0.907 bits per heavy atom. The lowest BCUT2D eigenvalue weighted by atomic mass is 9.86. The van der Waals surface area contributed by atoms with Crippen LogP contribution < -0.4 is 9.47 Å². The summed E-state index contributed by atoms with van der Waals surface area (Å²) < 4.78 is 12.0. The van der Waals surface area contributed by atoms with Crippen molar-refractivity contribution in [2.24, 2.45) is 0 Å². The highest BCUT2D eigenvalue weighted by atomic mass is 35.6. The maximum atomic E-state index is 6.38. The van der Waals surface area contributed by atoms with Gasteiger partial charge in [-0.2, -0.15) is 0 Å². The van der Waals surface area contributed by atoms with Crippen molar-refractivity contribution >= 4 is 56.6 Å². The third-order valence-corrected chi connectivity index (χ3v) is 7.56. The Morgan fingerprint density at radius 1 is 0.581 bits per heavy atom. The van der Waals surface area contributed by atoms with Gasteiger partial charge in [0.2, 0.25) is 5.79 Å². The molecule has 0 N–H and O–H groups in total. The third kappa shape index (κ3) is 6.72. The topological polar surface area (TPSA) is 44.2 Å². The van der Waals surface area contributed by atoms with Gasteiger partial charge in [-0.15, -0.1) is 0 Å². The van der Waals surface area contributed by atoms with Gasteiger partial charge in [0, 0.05) is 48.1 Å². The van der Waals surface area contributed by atoms with Crippen LogP contribution in [0.15, 0.2) is 73.1 Å². The first-order valence-corrected chi connectivity index (χ1v) is 15.6. The SMILES string of the molecule is CC1(C)Oc2c(c3cc(-c4ccc(C(C)(C)C)cc4)cnc3c3ncc(-c4ccc(C(C)(C)C)cc4)cc23)O1.ClC(Cl)Cl. The number of alkyl halides is 3. The molecule has 3 aromatic carbocycles. The number of aromatic nitrogens is 2. The number of ether oxygens (including phenoxy) is 2. The highest BCUT2D eigenvalue weighted by molar-refractivity contribution is 6.63. The molecule has 0 radical (unpaired) electrons. The second-order valence-corrected chi connectivity index (χ2v) is 15.4. The van der Waals surface area contributed by atoms with Crippen LogP contribution in [0.1, 0.15) is 66.5 Å². The lowest BCUT2D eigenvalue weighted by molar-refractivity contribution is -0.0420.